The molecule has 0 bridgehead atoms. The molecule has 1 fully saturated rings. The SMILES string of the molecule is CCn1c(C)cc(/C=C2\SC(=Nc3cccc(Cl)c3C)NC2=O)c1C. The number of aromatic nitrogens is 1. The summed E-state index contributed by atoms with van der Waals surface area (Å²) in [7, 11) is 0. The molecule has 25 heavy (non-hydrogen) atoms. The number of aryl methyl sites for hydroxylation is 1. The number of hydrogen-bond donors (Lipinski definition) is 1. The van der Waals surface area contributed by atoms with Gasteiger partial charge in [-0.05, 0) is 74.9 Å². The zero-order valence-corrected chi connectivity index (χ0v) is 16.3. The lowest BCUT2D eigenvalue weighted by Crippen LogP contribution is -2.19. The van der Waals surface area contributed by atoms with E-state index in [0.717, 1.165) is 29.1 Å². The van der Waals surface area contributed by atoms with Crippen LogP contribution >= 0.6 is 23.4 Å². The number of nitrogens with one attached hydrogen (secondary N) is 1. The van der Waals surface area contributed by atoms with Gasteiger partial charge in [0.05, 0.1) is 10.6 Å². The predicted molar refractivity (Wildman–Crippen MR) is 107 cm³/mol. The minimum Gasteiger partial charge on any atom is -0.349 e. The second kappa shape index (κ2) is 7.10. The Hall–Kier alpha value is -1.98. The molecule has 1 saturated heterocycles. The third-order valence-corrected chi connectivity index (χ3v) is 5.65. The molecule has 1 aromatic carbocycles. The summed E-state index contributed by atoms with van der Waals surface area (Å²) < 4.78 is 2.23. The minimum atomic E-state index is -0.121. The maximum Gasteiger partial charge on any atom is 0.264 e. The van der Waals surface area contributed by atoms with Gasteiger partial charge in [-0.15, -0.1) is 0 Å². The topological polar surface area (TPSA) is 46.4 Å². The van der Waals surface area contributed by atoms with E-state index in [1.807, 2.05) is 31.2 Å². The van der Waals surface area contributed by atoms with Crippen molar-refractivity contribution in [3.05, 3.63) is 56.7 Å². The number of nitrogens with zero attached hydrogens (tertiary/aromatic N) is 2. The van der Waals surface area contributed by atoms with Crippen molar-refractivity contribution in [1.29, 1.82) is 0 Å². The summed E-state index contributed by atoms with van der Waals surface area (Å²) in [5.74, 6) is -0.121. The molecular weight excluding hydrogens is 354 g/mol. The number of aliphatic imine (C=N–C) groups is 1. The molecule has 1 aliphatic rings. The quantitative estimate of drug-likeness (QED) is 0.771. The number of carbonyl (C=O) groups is 1. The molecule has 1 amide bonds. The number of amidine groups is 1. The van der Waals surface area contributed by atoms with Crippen LogP contribution in [0.4, 0.5) is 5.69 Å². The lowest BCUT2D eigenvalue weighted by atomic mass is 10.2. The molecule has 6 heteroatoms. The monoisotopic (exact) mass is 373 g/mol. The Labute approximate surface area is 157 Å². The first-order valence-corrected chi connectivity index (χ1v) is 9.31. The van der Waals surface area contributed by atoms with Crippen LogP contribution in [-0.4, -0.2) is 15.6 Å². The van der Waals surface area contributed by atoms with E-state index in [-0.39, 0.29) is 5.91 Å². The van der Waals surface area contributed by atoms with Gasteiger partial charge in [-0.25, -0.2) is 4.99 Å². The van der Waals surface area contributed by atoms with E-state index in [0.29, 0.717) is 15.1 Å². The maximum absolute atomic E-state index is 12.3. The van der Waals surface area contributed by atoms with Gasteiger partial charge in [0, 0.05) is 23.0 Å². The molecule has 1 aromatic heterocycles. The van der Waals surface area contributed by atoms with Gasteiger partial charge < -0.3 is 9.88 Å². The summed E-state index contributed by atoms with van der Waals surface area (Å²) >= 11 is 7.49. The molecule has 0 radical (unpaired) electrons. The summed E-state index contributed by atoms with van der Waals surface area (Å²) in [4.78, 5) is 17.5. The molecular formula is C19H20ClN3OS. The van der Waals surface area contributed by atoms with Crippen LogP contribution in [0, 0.1) is 20.8 Å². The maximum atomic E-state index is 12.3. The Morgan fingerprint density at radius 1 is 1.32 bits per heavy atom. The van der Waals surface area contributed by atoms with Crippen molar-refractivity contribution >= 4 is 46.2 Å². The first-order chi connectivity index (χ1) is 11.9. The number of thioether (sulfide) groups is 1. The first-order valence-electron chi connectivity index (χ1n) is 8.12. The first kappa shape index (κ1) is 17.8. The fourth-order valence-corrected chi connectivity index (χ4v) is 3.90. The largest absolute Gasteiger partial charge is 0.349 e. The van der Waals surface area contributed by atoms with Gasteiger partial charge >= 0.3 is 0 Å². The van der Waals surface area contributed by atoms with E-state index in [4.69, 9.17) is 11.6 Å². The minimum absolute atomic E-state index is 0.121. The van der Waals surface area contributed by atoms with Crippen LogP contribution in [0.3, 0.4) is 0 Å². The molecule has 3 rings (SSSR count). The van der Waals surface area contributed by atoms with E-state index >= 15 is 0 Å². The van der Waals surface area contributed by atoms with Crippen LogP contribution in [0.1, 0.15) is 29.4 Å². The molecule has 0 spiro atoms. The number of hydrogen-bond acceptors (Lipinski definition) is 3. The van der Waals surface area contributed by atoms with E-state index in [9.17, 15) is 4.79 Å². The summed E-state index contributed by atoms with van der Waals surface area (Å²) in [6.07, 6.45) is 1.93. The lowest BCUT2D eigenvalue weighted by molar-refractivity contribution is -0.115. The van der Waals surface area contributed by atoms with Gasteiger partial charge in [0.25, 0.3) is 5.91 Å². The third kappa shape index (κ3) is 3.53. The Balaban J connectivity index is 1.90. The van der Waals surface area contributed by atoms with Crippen molar-refractivity contribution in [1.82, 2.24) is 9.88 Å². The molecule has 0 unspecified atom stereocenters. The van der Waals surface area contributed by atoms with Crippen LogP contribution < -0.4 is 5.32 Å². The van der Waals surface area contributed by atoms with Gasteiger partial charge in [0.1, 0.15) is 0 Å². The second-order valence-electron chi connectivity index (χ2n) is 5.94. The molecule has 2 heterocycles. The molecule has 0 atom stereocenters. The number of carbonyl (C=O) groups excluding carboxylic acids is 1. The number of benzene rings is 1. The van der Waals surface area contributed by atoms with Crippen molar-refractivity contribution in [3.63, 3.8) is 0 Å². The van der Waals surface area contributed by atoms with E-state index in [1.54, 1.807) is 0 Å². The van der Waals surface area contributed by atoms with Crippen LogP contribution in [-0.2, 0) is 11.3 Å². The van der Waals surface area contributed by atoms with Crippen molar-refractivity contribution in [2.45, 2.75) is 34.2 Å². The van der Waals surface area contributed by atoms with Gasteiger partial charge in [-0.3, -0.25) is 4.79 Å². The average Bonchev–Trinajstić information content (AvgIpc) is 3.04. The van der Waals surface area contributed by atoms with Gasteiger partial charge in [0.15, 0.2) is 5.17 Å². The second-order valence-corrected chi connectivity index (χ2v) is 7.37. The van der Waals surface area contributed by atoms with Crippen molar-refractivity contribution in [2.24, 2.45) is 4.99 Å². The normalized spacial score (nSPS) is 17.6. The highest BCUT2D eigenvalue weighted by atomic mass is 35.5. The highest BCUT2D eigenvalue weighted by molar-refractivity contribution is 8.18. The molecule has 1 N–H and O–H groups in total. The summed E-state index contributed by atoms with van der Waals surface area (Å²) in [5, 5.41) is 4.07. The number of halogens is 1. The molecule has 0 aliphatic carbocycles. The fraction of sp³-hybridized carbons (Fsp3) is 0.263. The van der Waals surface area contributed by atoms with Gasteiger partial charge in [-0.1, -0.05) is 17.7 Å². The van der Waals surface area contributed by atoms with Crippen molar-refractivity contribution in [3.8, 4) is 0 Å². The highest BCUT2D eigenvalue weighted by Crippen LogP contribution is 2.31. The average molecular weight is 374 g/mol. The molecule has 130 valence electrons. The Bertz CT molecular complexity index is 912. The van der Waals surface area contributed by atoms with E-state index < -0.39 is 0 Å². The van der Waals surface area contributed by atoms with E-state index in [2.05, 4.69) is 41.7 Å². The van der Waals surface area contributed by atoms with E-state index in [1.165, 1.54) is 17.5 Å². The zero-order valence-electron chi connectivity index (χ0n) is 14.7. The van der Waals surface area contributed by atoms with Crippen molar-refractivity contribution in [2.75, 3.05) is 0 Å². The zero-order chi connectivity index (χ0) is 18.1. The molecule has 4 nitrogen and oxygen atoms in total. The van der Waals surface area contributed by atoms with Gasteiger partial charge in [-0.2, -0.15) is 0 Å². The smallest absolute Gasteiger partial charge is 0.264 e. The van der Waals surface area contributed by atoms with Crippen molar-refractivity contribution < 1.29 is 4.79 Å². The number of rotatable bonds is 3. The summed E-state index contributed by atoms with van der Waals surface area (Å²) in [5.41, 5.74) is 5.09. The Morgan fingerprint density at radius 2 is 2.08 bits per heavy atom. The molecule has 2 aromatic rings. The standard InChI is InChI=1S/C19H20ClN3OS/c1-5-23-11(2)9-14(13(23)4)10-17-18(24)22-19(25-17)21-16-8-6-7-15(20)12(16)3/h6-10H,5H2,1-4H3,(H,21,22,24)/b17-10-. The molecule has 0 saturated carbocycles. The highest BCUT2D eigenvalue weighted by Gasteiger charge is 2.24. The van der Waals surface area contributed by atoms with Crippen LogP contribution in [0.15, 0.2) is 34.2 Å². The predicted octanol–water partition coefficient (Wildman–Crippen LogP) is 4.98. The third-order valence-electron chi connectivity index (χ3n) is 4.33. The summed E-state index contributed by atoms with van der Waals surface area (Å²) in [6.45, 7) is 9.10. The Kier molecular flexibility index (Phi) is 5.06. The number of amides is 1. The molecule has 1 aliphatic heterocycles. The van der Waals surface area contributed by atoms with Gasteiger partial charge in [0.2, 0.25) is 0 Å². The fourth-order valence-electron chi connectivity index (χ4n) is 2.91. The van der Waals surface area contributed by atoms with Crippen LogP contribution in [0.25, 0.3) is 6.08 Å². The Morgan fingerprint density at radius 3 is 2.76 bits per heavy atom. The van der Waals surface area contributed by atoms with Crippen LogP contribution in [0.2, 0.25) is 5.02 Å². The van der Waals surface area contributed by atoms with Crippen LogP contribution in [0.5, 0.6) is 0 Å². The summed E-state index contributed by atoms with van der Waals surface area (Å²) in [6, 6.07) is 7.68. The lowest BCUT2D eigenvalue weighted by Gasteiger charge is -2.04.